The van der Waals surface area contributed by atoms with Crippen LogP contribution in [0.2, 0.25) is 0 Å². The number of hydrogen-bond donors (Lipinski definition) is 2. The van der Waals surface area contributed by atoms with Gasteiger partial charge in [-0.3, -0.25) is 4.79 Å². The lowest BCUT2D eigenvalue weighted by atomic mass is 10.2. The first-order valence-electron chi connectivity index (χ1n) is 7.25. The third-order valence-corrected chi connectivity index (χ3v) is 4.36. The molecule has 1 rings (SSSR count). The Morgan fingerprint density at radius 2 is 1.96 bits per heavy atom. The fourth-order valence-electron chi connectivity index (χ4n) is 1.72. The number of carbonyl (C=O) groups is 3. The largest absolute Gasteiger partial charge is 0.465 e. The van der Waals surface area contributed by atoms with Gasteiger partial charge < -0.3 is 20.1 Å². The molecule has 0 saturated heterocycles. The average Bonchev–Trinajstić information content (AvgIpc) is 2.82. The van der Waals surface area contributed by atoms with Gasteiger partial charge in [0.2, 0.25) is 5.91 Å². The van der Waals surface area contributed by atoms with E-state index in [2.05, 4.69) is 31.3 Å². The number of ether oxygens (including phenoxy) is 2. The number of nitrogens with one attached hydrogen (secondary N) is 2. The number of anilines is 1. The standard InChI is InChI=1S/C15H21BrN2O5S/c1-6-8(18-14(21)23-15(2,3)4)12(19)17-9-7-10(16)24-11(9)13(20)22-5/h7-8H,6H2,1-5H3,(H,17,19)(H,18,21)/t8-/m0/s1. The Labute approximate surface area is 153 Å². The Morgan fingerprint density at radius 3 is 2.46 bits per heavy atom. The highest BCUT2D eigenvalue weighted by atomic mass is 79.9. The number of alkyl carbamates (subject to hydrolysis) is 1. The molecule has 0 aromatic carbocycles. The Balaban J connectivity index is 2.81. The fraction of sp³-hybridized carbons (Fsp3) is 0.533. The summed E-state index contributed by atoms with van der Waals surface area (Å²) in [5.74, 6) is -0.993. The van der Waals surface area contributed by atoms with Gasteiger partial charge in [-0.1, -0.05) is 6.92 Å². The molecule has 0 saturated carbocycles. The molecule has 0 bridgehead atoms. The van der Waals surface area contributed by atoms with Crippen molar-refractivity contribution >= 4 is 50.9 Å². The van der Waals surface area contributed by atoms with E-state index in [1.165, 1.54) is 7.11 Å². The summed E-state index contributed by atoms with van der Waals surface area (Å²) in [6, 6.07) is 0.818. The van der Waals surface area contributed by atoms with E-state index in [4.69, 9.17) is 4.74 Å². The zero-order chi connectivity index (χ0) is 18.5. The summed E-state index contributed by atoms with van der Waals surface area (Å²) in [7, 11) is 1.26. The molecule has 0 aliphatic carbocycles. The number of rotatable bonds is 5. The van der Waals surface area contributed by atoms with Gasteiger partial charge in [0.1, 0.15) is 16.5 Å². The van der Waals surface area contributed by atoms with Gasteiger partial charge in [-0.15, -0.1) is 11.3 Å². The van der Waals surface area contributed by atoms with Crippen LogP contribution in [0.1, 0.15) is 43.8 Å². The summed E-state index contributed by atoms with van der Waals surface area (Å²) in [6.07, 6.45) is -0.312. The number of carbonyl (C=O) groups excluding carboxylic acids is 3. The van der Waals surface area contributed by atoms with Crippen LogP contribution in [0.4, 0.5) is 10.5 Å². The third-order valence-electron chi connectivity index (χ3n) is 2.75. The Kier molecular flexibility index (Phi) is 7.22. The van der Waals surface area contributed by atoms with Crippen molar-refractivity contribution in [3.63, 3.8) is 0 Å². The van der Waals surface area contributed by atoms with E-state index < -0.39 is 29.6 Å². The molecule has 0 spiro atoms. The number of halogens is 1. The van der Waals surface area contributed by atoms with E-state index in [0.29, 0.717) is 15.9 Å². The van der Waals surface area contributed by atoms with Crippen molar-refractivity contribution in [1.82, 2.24) is 5.32 Å². The van der Waals surface area contributed by atoms with Gasteiger partial charge >= 0.3 is 12.1 Å². The summed E-state index contributed by atoms with van der Waals surface area (Å²) in [6.45, 7) is 6.96. The number of esters is 1. The maximum absolute atomic E-state index is 12.4. The molecule has 0 aliphatic rings. The van der Waals surface area contributed by atoms with Crippen molar-refractivity contribution in [2.45, 2.75) is 45.8 Å². The molecular weight excluding hydrogens is 400 g/mol. The lowest BCUT2D eigenvalue weighted by Gasteiger charge is -2.22. The van der Waals surface area contributed by atoms with Gasteiger partial charge in [-0.05, 0) is 49.2 Å². The summed E-state index contributed by atoms with van der Waals surface area (Å²) < 4.78 is 10.5. The highest BCUT2D eigenvalue weighted by Crippen LogP contribution is 2.32. The quantitative estimate of drug-likeness (QED) is 0.710. The van der Waals surface area contributed by atoms with Gasteiger partial charge in [0.05, 0.1) is 16.6 Å². The lowest BCUT2D eigenvalue weighted by molar-refractivity contribution is -0.118. The van der Waals surface area contributed by atoms with Crippen LogP contribution in [0.25, 0.3) is 0 Å². The van der Waals surface area contributed by atoms with Crippen molar-refractivity contribution in [3.05, 3.63) is 14.7 Å². The predicted octanol–water partition coefficient (Wildman–Crippen LogP) is 3.54. The topological polar surface area (TPSA) is 93.7 Å². The minimum Gasteiger partial charge on any atom is -0.465 e. The summed E-state index contributed by atoms with van der Waals surface area (Å²) in [4.78, 5) is 36.2. The predicted molar refractivity (Wildman–Crippen MR) is 95.4 cm³/mol. The smallest absolute Gasteiger partial charge is 0.408 e. The monoisotopic (exact) mass is 420 g/mol. The number of hydrogen-bond acceptors (Lipinski definition) is 6. The maximum atomic E-state index is 12.4. The van der Waals surface area contributed by atoms with Crippen molar-refractivity contribution in [2.24, 2.45) is 0 Å². The minimum absolute atomic E-state index is 0.268. The zero-order valence-corrected chi connectivity index (χ0v) is 16.6. The molecule has 0 aliphatic heterocycles. The summed E-state index contributed by atoms with van der Waals surface area (Å²) in [5, 5.41) is 5.15. The molecular formula is C15H21BrN2O5S. The molecule has 0 radical (unpaired) electrons. The molecule has 0 fully saturated rings. The molecule has 2 amide bonds. The van der Waals surface area contributed by atoms with Crippen LogP contribution in [-0.4, -0.2) is 36.7 Å². The first-order valence-corrected chi connectivity index (χ1v) is 8.86. The first kappa shape index (κ1) is 20.4. The van der Waals surface area contributed by atoms with Gasteiger partial charge in [0.25, 0.3) is 0 Å². The maximum Gasteiger partial charge on any atom is 0.408 e. The van der Waals surface area contributed by atoms with Crippen molar-refractivity contribution in [1.29, 1.82) is 0 Å². The molecule has 24 heavy (non-hydrogen) atoms. The Hall–Kier alpha value is -1.61. The summed E-state index contributed by atoms with van der Waals surface area (Å²) in [5.41, 5.74) is -0.331. The van der Waals surface area contributed by atoms with E-state index in [1.54, 1.807) is 33.8 Å². The molecule has 1 atom stereocenters. The van der Waals surface area contributed by atoms with E-state index in [0.717, 1.165) is 11.3 Å². The van der Waals surface area contributed by atoms with Gasteiger partial charge in [0.15, 0.2) is 0 Å². The van der Waals surface area contributed by atoms with Crippen molar-refractivity contribution < 1.29 is 23.9 Å². The molecule has 9 heteroatoms. The number of methoxy groups -OCH3 is 1. The SMILES string of the molecule is CC[C@H](NC(=O)OC(C)(C)C)C(=O)Nc1cc(Br)sc1C(=O)OC. The van der Waals surface area contributed by atoms with Crippen LogP contribution < -0.4 is 10.6 Å². The summed E-state index contributed by atoms with van der Waals surface area (Å²) >= 11 is 4.41. The van der Waals surface area contributed by atoms with Crippen LogP contribution in [0.15, 0.2) is 9.85 Å². The van der Waals surface area contributed by atoms with Crippen LogP contribution in [0.5, 0.6) is 0 Å². The molecule has 0 unspecified atom stereocenters. The minimum atomic E-state index is -0.788. The van der Waals surface area contributed by atoms with E-state index >= 15 is 0 Å². The normalized spacial score (nSPS) is 12.2. The van der Waals surface area contributed by atoms with E-state index in [-0.39, 0.29) is 4.88 Å². The second-order valence-electron chi connectivity index (χ2n) is 5.88. The second-order valence-corrected chi connectivity index (χ2v) is 8.31. The van der Waals surface area contributed by atoms with Gasteiger partial charge in [-0.25, -0.2) is 9.59 Å². The van der Waals surface area contributed by atoms with Crippen LogP contribution in [0, 0.1) is 0 Å². The highest BCUT2D eigenvalue weighted by molar-refractivity contribution is 9.11. The molecule has 134 valence electrons. The van der Waals surface area contributed by atoms with Gasteiger partial charge in [0, 0.05) is 0 Å². The van der Waals surface area contributed by atoms with Crippen LogP contribution >= 0.6 is 27.3 Å². The third kappa shape index (κ3) is 6.12. The zero-order valence-electron chi connectivity index (χ0n) is 14.2. The average molecular weight is 421 g/mol. The van der Waals surface area contributed by atoms with Crippen molar-refractivity contribution in [3.8, 4) is 0 Å². The molecule has 1 heterocycles. The Morgan fingerprint density at radius 1 is 1.33 bits per heavy atom. The highest BCUT2D eigenvalue weighted by Gasteiger charge is 2.25. The van der Waals surface area contributed by atoms with Gasteiger partial charge in [-0.2, -0.15) is 0 Å². The van der Waals surface area contributed by atoms with E-state index in [9.17, 15) is 14.4 Å². The first-order chi connectivity index (χ1) is 11.1. The molecule has 2 N–H and O–H groups in total. The van der Waals surface area contributed by atoms with Crippen molar-refractivity contribution in [2.75, 3.05) is 12.4 Å². The Bertz CT molecular complexity index is 624. The molecule has 1 aromatic heterocycles. The molecule has 1 aromatic rings. The fourth-order valence-corrected chi connectivity index (χ4v) is 3.19. The second kappa shape index (κ2) is 8.48. The lowest BCUT2D eigenvalue weighted by Crippen LogP contribution is -2.45. The molecule has 7 nitrogen and oxygen atoms in total. The van der Waals surface area contributed by atoms with Crippen LogP contribution in [-0.2, 0) is 14.3 Å². The number of thiophene rings is 1. The number of amides is 2. The van der Waals surface area contributed by atoms with Crippen LogP contribution in [0.3, 0.4) is 0 Å². The van der Waals surface area contributed by atoms with E-state index in [1.807, 2.05) is 0 Å².